The van der Waals surface area contributed by atoms with Crippen LogP contribution in [0.2, 0.25) is 0 Å². The van der Waals surface area contributed by atoms with Crippen molar-refractivity contribution in [3.63, 3.8) is 0 Å². The fourth-order valence-electron chi connectivity index (χ4n) is 2.74. The Morgan fingerprint density at radius 2 is 1.35 bits per heavy atom. The molecule has 0 spiro atoms. The van der Waals surface area contributed by atoms with Gasteiger partial charge < -0.3 is 4.18 Å². The van der Waals surface area contributed by atoms with Gasteiger partial charge in [0.25, 0.3) is 15.8 Å². The smallest absolute Gasteiger partial charge is 0.339 e. The lowest BCUT2D eigenvalue weighted by Gasteiger charge is -2.11. The monoisotopic (exact) mass is 468 g/mol. The highest BCUT2D eigenvalue weighted by molar-refractivity contribution is 7.87. The highest BCUT2D eigenvalue weighted by Gasteiger charge is 2.31. The van der Waals surface area contributed by atoms with Gasteiger partial charge in [-0.1, -0.05) is 17.7 Å². The SMILES string of the molecule is Cc1ccc(S(=O)(=O)Oc2c([N+](=O)[O-])cc([N+](=O)[O-])c3ccc(S(=O)(=O)O)cc23)cc1. The van der Waals surface area contributed by atoms with Crippen molar-refractivity contribution in [1.29, 1.82) is 0 Å². The van der Waals surface area contributed by atoms with Crippen LogP contribution in [0.25, 0.3) is 10.8 Å². The highest BCUT2D eigenvalue weighted by atomic mass is 32.2. The van der Waals surface area contributed by atoms with Crippen molar-refractivity contribution in [3.8, 4) is 5.75 Å². The lowest BCUT2D eigenvalue weighted by molar-refractivity contribution is -0.393. The third-order valence-corrected chi connectivity index (χ3v) is 6.30. The predicted molar refractivity (Wildman–Crippen MR) is 106 cm³/mol. The molecular formula is C17H12N2O10S2. The van der Waals surface area contributed by atoms with Crippen molar-refractivity contribution in [1.82, 2.24) is 0 Å². The van der Waals surface area contributed by atoms with E-state index in [9.17, 15) is 41.6 Å². The molecule has 3 aromatic carbocycles. The van der Waals surface area contributed by atoms with Crippen molar-refractivity contribution in [3.05, 3.63) is 74.3 Å². The van der Waals surface area contributed by atoms with E-state index in [0.717, 1.165) is 17.7 Å². The van der Waals surface area contributed by atoms with Crippen molar-refractivity contribution < 1.29 is 35.4 Å². The van der Waals surface area contributed by atoms with Gasteiger partial charge in [0.15, 0.2) is 0 Å². The summed E-state index contributed by atoms with van der Waals surface area (Å²) in [7, 11) is -9.47. The zero-order chi connectivity index (χ0) is 23.1. The summed E-state index contributed by atoms with van der Waals surface area (Å²) in [6, 6.07) is 8.19. The molecule has 0 unspecified atom stereocenters. The zero-order valence-corrected chi connectivity index (χ0v) is 17.1. The molecule has 3 aromatic rings. The van der Waals surface area contributed by atoms with Crippen LogP contribution in [0.15, 0.2) is 58.3 Å². The van der Waals surface area contributed by atoms with Gasteiger partial charge in [-0.3, -0.25) is 24.8 Å². The number of hydrogen-bond donors (Lipinski definition) is 1. The summed E-state index contributed by atoms with van der Waals surface area (Å²) < 4.78 is 62.6. The molecule has 0 saturated carbocycles. The first kappa shape index (κ1) is 22.1. The van der Waals surface area contributed by atoms with Gasteiger partial charge in [-0.25, -0.2) is 0 Å². The Kier molecular flexibility index (Phi) is 5.39. The first-order valence-corrected chi connectivity index (χ1v) is 11.0. The standard InChI is InChI=1S/C17H12N2O10S2/c1-10-2-4-11(5-3-10)31(27,28)29-17-14-8-12(30(24,25)26)6-7-13(14)15(18(20)21)9-16(17)19(22)23/h2-9H,1H3,(H,24,25,26). The highest BCUT2D eigenvalue weighted by Crippen LogP contribution is 2.43. The summed E-state index contributed by atoms with van der Waals surface area (Å²) in [5, 5.41) is 22.0. The fourth-order valence-corrected chi connectivity index (χ4v) is 4.21. The molecule has 0 aliphatic heterocycles. The normalized spacial score (nSPS) is 11.9. The summed E-state index contributed by atoms with van der Waals surface area (Å²) in [5.74, 6) is -0.934. The molecule has 14 heteroatoms. The molecule has 162 valence electrons. The van der Waals surface area contributed by atoms with Gasteiger partial charge in [0.2, 0.25) is 5.75 Å². The first-order chi connectivity index (χ1) is 14.3. The Morgan fingerprint density at radius 3 is 1.87 bits per heavy atom. The van der Waals surface area contributed by atoms with Crippen LogP contribution in [-0.2, 0) is 20.2 Å². The largest absolute Gasteiger partial charge is 0.371 e. The molecule has 0 aliphatic carbocycles. The molecule has 1 N–H and O–H groups in total. The van der Waals surface area contributed by atoms with E-state index in [-0.39, 0.29) is 10.3 Å². The fraction of sp³-hybridized carbons (Fsp3) is 0.0588. The predicted octanol–water partition coefficient (Wildman–Crippen LogP) is 2.98. The Bertz CT molecular complexity index is 1450. The van der Waals surface area contributed by atoms with Crippen LogP contribution in [-0.4, -0.2) is 31.2 Å². The van der Waals surface area contributed by atoms with Crippen LogP contribution < -0.4 is 4.18 Å². The Morgan fingerprint density at radius 1 is 0.806 bits per heavy atom. The Labute approximate surface area is 174 Å². The maximum atomic E-state index is 12.7. The van der Waals surface area contributed by atoms with Gasteiger partial charge in [-0.2, -0.15) is 16.8 Å². The van der Waals surface area contributed by atoms with Gasteiger partial charge in [-0.05, 0) is 37.3 Å². The van der Waals surface area contributed by atoms with Crippen LogP contribution in [0.4, 0.5) is 11.4 Å². The summed E-state index contributed by atoms with van der Waals surface area (Å²) >= 11 is 0. The van der Waals surface area contributed by atoms with Crippen LogP contribution >= 0.6 is 0 Å². The number of non-ortho nitro benzene ring substituents is 1. The van der Waals surface area contributed by atoms with Crippen LogP contribution in [0.3, 0.4) is 0 Å². The number of rotatable bonds is 6. The summed E-state index contributed by atoms with van der Waals surface area (Å²) in [5.41, 5.74) is -1.14. The molecule has 0 fully saturated rings. The van der Waals surface area contributed by atoms with Crippen molar-refractivity contribution in [2.45, 2.75) is 16.7 Å². The Balaban J connectivity index is 2.38. The molecular weight excluding hydrogens is 456 g/mol. The van der Waals surface area contributed by atoms with Crippen molar-refractivity contribution >= 4 is 42.4 Å². The van der Waals surface area contributed by atoms with E-state index in [0.29, 0.717) is 12.1 Å². The van der Waals surface area contributed by atoms with E-state index in [1.54, 1.807) is 6.92 Å². The molecule has 0 radical (unpaired) electrons. The maximum absolute atomic E-state index is 12.7. The quantitative estimate of drug-likeness (QED) is 0.244. The third-order valence-electron chi connectivity index (χ3n) is 4.21. The zero-order valence-electron chi connectivity index (χ0n) is 15.5. The second-order valence-electron chi connectivity index (χ2n) is 6.29. The molecule has 0 amide bonds. The minimum absolute atomic E-state index is 0.336. The number of hydrogen-bond acceptors (Lipinski definition) is 9. The lowest BCUT2D eigenvalue weighted by atomic mass is 10.1. The van der Waals surface area contributed by atoms with Crippen molar-refractivity contribution in [2.75, 3.05) is 0 Å². The van der Waals surface area contributed by atoms with E-state index in [4.69, 9.17) is 4.18 Å². The number of benzene rings is 3. The van der Waals surface area contributed by atoms with E-state index >= 15 is 0 Å². The second kappa shape index (κ2) is 7.57. The number of nitro benzene ring substituents is 2. The van der Waals surface area contributed by atoms with Gasteiger partial charge in [-0.15, -0.1) is 0 Å². The molecule has 0 heterocycles. The summed E-state index contributed by atoms with van der Waals surface area (Å²) in [6.45, 7) is 1.70. The van der Waals surface area contributed by atoms with Gasteiger partial charge in [0, 0.05) is 5.39 Å². The number of nitro groups is 2. The maximum Gasteiger partial charge on any atom is 0.339 e. The molecule has 0 aliphatic rings. The minimum Gasteiger partial charge on any atom is -0.371 e. The van der Waals surface area contributed by atoms with Gasteiger partial charge in [0.1, 0.15) is 4.90 Å². The lowest BCUT2D eigenvalue weighted by Crippen LogP contribution is -2.12. The molecule has 3 rings (SSSR count). The van der Waals surface area contributed by atoms with E-state index in [1.165, 1.54) is 24.3 Å². The van der Waals surface area contributed by atoms with E-state index in [1.807, 2.05) is 0 Å². The topological polar surface area (TPSA) is 184 Å². The number of aryl methyl sites for hydroxylation is 1. The second-order valence-corrected chi connectivity index (χ2v) is 9.26. The molecule has 31 heavy (non-hydrogen) atoms. The van der Waals surface area contributed by atoms with Crippen LogP contribution in [0.1, 0.15) is 5.56 Å². The van der Waals surface area contributed by atoms with Gasteiger partial charge in [0.05, 0.1) is 26.2 Å². The van der Waals surface area contributed by atoms with E-state index < -0.39 is 57.5 Å². The molecule has 0 aromatic heterocycles. The summed E-state index contributed by atoms with van der Waals surface area (Å²) in [4.78, 5) is 19.7. The average molecular weight is 468 g/mol. The Hall–Kier alpha value is -3.62. The molecule has 0 bridgehead atoms. The van der Waals surface area contributed by atoms with Crippen molar-refractivity contribution in [2.24, 2.45) is 0 Å². The van der Waals surface area contributed by atoms with Crippen LogP contribution in [0.5, 0.6) is 5.75 Å². The third kappa shape index (κ3) is 4.30. The molecule has 12 nitrogen and oxygen atoms in total. The average Bonchev–Trinajstić information content (AvgIpc) is 2.66. The first-order valence-electron chi connectivity index (χ1n) is 8.19. The summed E-state index contributed by atoms with van der Waals surface area (Å²) in [6.07, 6.45) is 0. The number of fused-ring (bicyclic) bond motifs is 1. The van der Waals surface area contributed by atoms with E-state index in [2.05, 4.69) is 0 Å². The number of nitrogens with zero attached hydrogens (tertiary/aromatic N) is 2. The minimum atomic E-state index is -4.82. The van der Waals surface area contributed by atoms with Gasteiger partial charge >= 0.3 is 15.8 Å². The van der Waals surface area contributed by atoms with Crippen LogP contribution in [0, 0.1) is 27.2 Å². The molecule has 0 atom stereocenters. The molecule has 0 saturated heterocycles.